The zero-order chi connectivity index (χ0) is 21.4. The number of ether oxygens (including phenoxy) is 1. The van der Waals surface area contributed by atoms with E-state index in [1.54, 1.807) is 26.6 Å². The number of rotatable bonds is 7. The third-order valence-corrected chi connectivity index (χ3v) is 5.23. The van der Waals surface area contributed by atoms with Crippen molar-refractivity contribution in [3.63, 3.8) is 0 Å². The summed E-state index contributed by atoms with van der Waals surface area (Å²) in [5.74, 6) is 0.218. The van der Waals surface area contributed by atoms with E-state index in [1.165, 1.54) is 0 Å². The largest absolute Gasteiger partial charge is 0.449 e. The number of carbonyl (C=O) groups excluding carboxylic acids is 2. The molecule has 2 heterocycles. The molecule has 2 amide bonds. The van der Waals surface area contributed by atoms with E-state index in [0.29, 0.717) is 43.9 Å². The van der Waals surface area contributed by atoms with Crippen molar-refractivity contribution in [3.8, 4) is 0 Å². The summed E-state index contributed by atoms with van der Waals surface area (Å²) in [6, 6.07) is 0. The van der Waals surface area contributed by atoms with Gasteiger partial charge in [0.2, 0.25) is 5.91 Å². The quantitative estimate of drug-likeness (QED) is 0.621. The average Bonchev–Trinajstić information content (AvgIpc) is 2.86. The minimum Gasteiger partial charge on any atom is -0.449 e. The first kappa shape index (κ1) is 23.3. The van der Waals surface area contributed by atoms with Gasteiger partial charge in [-0.15, -0.1) is 0 Å². The monoisotopic (exact) mass is 424 g/mol. The molecule has 1 aliphatic heterocycles. The Balaban J connectivity index is 1.94. The van der Waals surface area contributed by atoms with Crippen LogP contribution in [-0.2, 0) is 16.1 Å². The lowest BCUT2D eigenvalue weighted by molar-refractivity contribution is -0.125. The molecule has 1 aromatic rings. The van der Waals surface area contributed by atoms with Gasteiger partial charge in [-0.3, -0.25) is 9.48 Å². The van der Waals surface area contributed by atoms with Crippen LogP contribution >= 0.6 is 11.6 Å². The van der Waals surface area contributed by atoms with E-state index in [-0.39, 0.29) is 12.0 Å². The predicted molar refractivity (Wildman–Crippen MR) is 115 cm³/mol. The van der Waals surface area contributed by atoms with Crippen molar-refractivity contribution in [2.24, 2.45) is 5.92 Å². The molecule has 0 spiro atoms. The fourth-order valence-corrected chi connectivity index (χ4v) is 3.44. The molecule has 29 heavy (non-hydrogen) atoms. The average molecular weight is 425 g/mol. The number of aryl methyl sites for hydroxylation is 2. The maximum Gasteiger partial charge on any atom is 0.409 e. The van der Waals surface area contributed by atoms with Gasteiger partial charge in [0.05, 0.1) is 12.3 Å². The zero-order valence-corrected chi connectivity index (χ0v) is 18.7. The lowest BCUT2D eigenvalue weighted by Crippen LogP contribution is -2.37. The van der Waals surface area contributed by atoms with Crippen molar-refractivity contribution >= 4 is 29.7 Å². The van der Waals surface area contributed by atoms with Crippen LogP contribution in [0.15, 0.2) is 6.08 Å². The SMILES string of the molecule is CCCCn1nc(C)c(/C=C/C(=O)N2CCCN(C(=O)OCC(C)C)CC2)c1Cl. The molecule has 1 saturated heterocycles. The maximum atomic E-state index is 12.7. The number of carbonyl (C=O) groups is 2. The number of hydrogen-bond donors (Lipinski definition) is 0. The zero-order valence-electron chi connectivity index (χ0n) is 18.0. The Kier molecular flexibility index (Phi) is 9.01. The first-order valence-corrected chi connectivity index (χ1v) is 10.8. The Hall–Kier alpha value is -2.02. The fourth-order valence-electron chi connectivity index (χ4n) is 3.12. The summed E-state index contributed by atoms with van der Waals surface area (Å²) in [5, 5.41) is 5.03. The molecule has 0 aliphatic carbocycles. The van der Waals surface area contributed by atoms with Crippen molar-refractivity contribution in [2.75, 3.05) is 32.8 Å². The Morgan fingerprint density at radius 2 is 1.90 bits per heavy atom. The highest BCUT2D eigenvalue weighted by Crippen LogP contribution is 2.22. The second kappa shape index (κ2) is 11.2. The van der Waals surface area contributed by atoms with E-state index in [4.69, 9.17) is 16.3 Å². The van der Waals surface area contributed by atoms with Crippen molar-refractivity contribution in [2.45, 2.75) is 53.5 Å². The van der Waals surface area contributed by atoms with Gasteiger partial charge in [-0.1, -0.05) is 38.8 Å². The number of halogens is 1. The number of aromatic nitrogens is 2. The normalized spacial score (nSPS) is 15.2. The van der Waals surface area contributed by atoms with E-state index in [1.807, 2.05) is 20.8 Å². The Morgan fingerprint density at radius 1 is 1.21 bits per heavy atom. The van der Waals surface area contributed by atoms with E-state index in [9.17, 15) is 9.59 Å². The van der Waals surface area contributed by atoms with E-state index >= 15 is 0 Å². The predicted octanol–water partition coefficient (Wildman–Crippen LogP) is 3.99. The highest BCUT2D eigenvalue weighted by molar-refractivity contribution is 6.31. The van der Waals surface area contributed by atoms with Crippen LogP contribution in [0.25, 0.3) is 6.08 Å². The maximum absolute atomic E-state index is 12.7. The van der Waals surface area contributed by atoms with Crippen molar-refractivity contribution in [1.82, 2.24) is 19.6 Å². The van der Waals surface area contributed by atoms with Gasteiger partial charge >= 0.3 is 6.09 Å². The van der Waals surface area contributed by atoms with Gasteiger partial charge < -0.3 is 14.5 Å². The summed E-state index contributed by atoms with van der Waals surface area (Å²) in [4.78, 5) is 28.2. The number of unbranched alkanes of at least 4 members (excludes halogenated alkanes) is 1. The molecule has 0 aromatic carbocycles. The van der Waals surface area contributed by atoms with Gasteiger partial charge in [0.1, 0.15) is 5.15 Å². The minimum atomic E-state index is -0.301. The summed E-state index contributed by atoms with van der Waals surface area (Å²) in [6.07, 6.45) is 5.79. The van der Waals surface area contributed by atoms with Crippen LogP contribution in [0.3, 0.4) is 0 Å². The lowest BCUT2D eigenvalue weighted by Gasteiger charge is -2.21. The van der Waals surface area contributed by atoms with Gasteiger partial charge in [0, 0.05) is 44.4 Å². The van der Waals surface area contributed by atoms with Gasteiger partial charge in [-0.05, 0) is 31.8 Å². The first-order valence-electron chi connectivity index (χ1n) is 10.4. The molecule has 0 N–H and O–H groups in total. The van der Waals surface area contributed by atoms with Crippen LogP contribution in [0.5, 0.6) is 0 Å². The Bertz CT molecular complexity index is 730. The molecule has 2 rings (SSSR count). The molecule has 1 aliphatic rings. The van der Waals surface area contributed by atoms with E-state index < -0.39 is 0 Å². The summed E-state index contributed by atoms with van der Waals surface area (Å²) in [6.45, 7) is 11.4. The van der Waals surface area contributed by atoms with Crippen molar-refractivity contribution in [3.05, 3.63) is 22.5 Å². The molecule has 1 fully saturated rings. The minimum absolute atomic E-state index is 0.0841. The molecular weight excluding hydrogens is 392 g/mol. The molecular formula is C21H33ClN4O3. The van der Waals surface area contributed by atoms with Crippen molar-refractivity contribution in [1.29, 1.82) is 0 Å². The number of hydrogen-bond acceptors (Lipinski definition) is 4. The summed E-state index contributed by atoms with van der Waals surface area (Å²) in [7, 11) is 0. The molecule has 0 radical (unpaired) electrons. The molecule has 0 unspecified atom stereocenters. The Morgan fingerprint density at radius 3 is 2.59 bits per heavy atom. The second-order valence-electron chi connectivity index (χ2n) is 7.84. The molecule has 0 atom stereocenters. The smallest absolute Gasteiger partial charge is 0.409 e. The first-order chi connectivity index (χ1) is 13.8. The summed E-state index contributed by atoms with van der Waals surface area (Å²) in [5.41, 5.74) is 1.59. The highest BCUT2D eigenvalue weighted by atomic mass is 35.5. The van der Waals surface area contributed by atoms with Crippen LogP contribution < -0.4 is 0 Å². The summed E-state index contributed by atoms with van der Waals surface area (Å²) < 4.78 is 7.09. The summed E-state index contributed by atoms with van der Waals surface area (Å²) >= 11 is 6.43. The lowest BCUT2D eigenvalue weighted by atomic mass is 10.2. The standard InChI is InChI=1S/C21H33ClN4O3/c1-5-6-12-26-20(22)18(17(4)23-26)8-9-19(27)24-10-7-11-25(14-13-24)21(28)29-15-16(2)3/h8-9,16H,5-7,10-15H2,1-4H3/b9-8+. The number of nitrogens with zero attached hydrogens (tertiary/aromatic N) is 4. The van der Waals surface area contributed by atoms with Crippen molar-refractivity contribution < 1.29 is 14.3 Å². The van der Waals surface area contributed by atoms with Gasteiger partial charge in [0.15, 0.2) is 0 Å². The third kappa shape index (κ3) is 6.77. The second-order valence-corrected chi connectivity index (χ2v) is 8.19. The number of amides is 2. The van der Waals surface area contributed by atoms with E-state index in [0.717, 1.165) is 37.1 Å². The fraction of sp³-hybridized carbons (Fsp3) is 0.667. The topological polar surface area (TPSA) is 67.7 Å². The molecule has 0 bridgehead atoms. The molecule has 7 nitrogen and oxygen atoms in total. The molecule has 8 heteroatoms. The molecule has 162 valence electrons. The van der Waals surface area contributed by atoms with Crippen LogP contribution in [0.4, 0.5) is 4.79 Å². The van der Waals surface area contributed by atoms with Gasteiger partial charge in [-0.2, -0.15) is 5.10 Å². The van der Waals surface area contributed by atoms with Crippen LogP contribution in [-0.4, -0.2) is 64.4 Å². The van der Waals surface area contributed by atoms with Crippen LogP contribution in [0.2, 0.25) is 5.15 Å². The molecule has 0 saturated carbocycles. The Labute approximate surface area is 178 Å². The van der Waals surface area contributed by atoms with Crippen LogP contribution in [0.1, 0.15) is 51.3 Å². The van der Waals surface area contributed by atoms with Crippen LogP contribution in [0, 0.1) is 12.8 Å². The highest BCUT2D eigenvalue weighted by Gasteiger charge is 2.22. The van der Waals surface area contributed by atoms with E-state index in [2.05, 4.69) is 12.0 Å². The van der Waals surface area contributed by atoms with Gasteiger partial charge in [-0.25, -0.2) is 4.79 Å². The third-order valence-electron chi connectivity index (χ3n) is 4.83. The molecule has 1 aromatic heterocycles. The van der Waals surface area contributed by atoms with Gasteiger partial charge in [0.25, 0.3) is 0 Å².